The van der Waals surface area contributed by atoms with Crippen LogP contribution in [0.2, 0.25) is 0 Å². The molecule has 0 aromatic carbocycles. The summed E-state index contributed by atoms with van der Waals surface area (Å²) in [5.74, 6) is 0. The van der Waals surface area contributed by atoms with Gasteiger partial charge in [-0.25, -0.2) is 9.97 Å². The van der Waals surface area contributed by atoms with E-state index in [0.717, 1.165) is 23.4 Å². The van der Waals surface area contributed by atoms with Crippen molar-refractivity contribution in [2.75, 3.05) is 0 Å². The van der Waals surface area contributed by atoms with Crippen LogP contribution < -0.4 is 0 Å². The molecule has 2 heteroatoms. The lowest BCUT2D eigenvalue weighted by Crippen LogP contribution is -1.93. The van der Waals surface area contributed by atoms with Crippen molar-refractivity contribution >= 4 is 6.08 Å². The second-order valence-corrected chi connectivity index (χ2v) is 2.77. The molecule has 12 heavy (non-hydrogen) atoms. The van der Waals surface area contributed by atoms with Crippen LogP contribution in [0.4, 0.5) is 0 Å². The molecule has 0 radical (unpaired) electrons. The van der Waals surface area contributed by atoms with Crippen molar-refractivity contribution in [3.05, 3.63) is 29.4 Å². The van der Waals surface area contributed by atoms with Gasteiger partial charge in [-0.05, 0) is 20.3 Å². The molecule has 0 aliphatic heterocycles. The Morgan fingerprint density at radius 2 is 1.83 bits per heavy atom. The van der Waals surface area contributed by atoms with Gasteiger partial charge in [0.25, 0.3) is 0 Å². The van der Waals surface area contributed by atoms with Gasteiger partial charge in [-0.2, -0.15) is 0 Å². The summed E-state index contributed by atoms with van der Waals surface area (Å²) in [6, 6.07) is 0. The van der Waals surface area contributed by atoms with Gasteiger partial charge in [-0.3, -0.25) is 0 Å². The number of nitrogens with zero attached hydrogens (tertiary/aromatic N) is 2. The van der Waals surface area contributed by atoms with Crippen LogP contribution in [0, 0.1) is 13.8 Å². The monoisotopic (exact) mass is 162 g/mol. The van der Waals surface area contributed by atoms with Crippen molar-refractivity contribution in [2.45, 2.75) is 27.2 Å². The minimum Gasteiger partial charge on any atom is -0.241 e. The van der Waals surface area contributed by atoms with Crippen LogP contribution in [0.3, 0.4) is 0 Å². The Hall–Kier alpha value is -1.18. The predicted molar refractivity (Wildman–Crippen MR) is 50.8 cm³/mol. The molecule has 1 rings (SSSR count). The van der Waals surface area contributed by atoms with Crippen LogP contribution in [0.1, 0.15) is 30.3 Å². The summed E-state index contributed by atoms with van der Waals surface area (Å²) in [5, 5.41) is 0. The highest BCUT2D eigenvalue weighted by molar-refractivity contribution is 5.53. The lowest BCUT2D eigenvalue weighted by molar-refractivity contribution is 1.04. The van der Waals surface area contributed by atoms with Crippen molar-refractivity contribution in [1.29, 1.82) is 0 Å². The molecular weight excluding hydrogens is 148 g/mol. The minimum absolute atomic E-state index is 1.05. The number of aromatic nitrogens is 2. The Morgan fingerprint density at radius 1 is 1.25 bits per heavy atom. The van der Waals surface area contributed by atoms with Crippen molar-refractivity contribution in [3.63, 3.8) is 0 Å². The highest BCUT2D eigenvalue weighted by Gasteiger charge is 1.98. The molecule has 1 heterocycles. The first-order chi connectivity index (χ1) is 5.75. The van der Waals surface area contributed by atoms with Crippen LogP contribution in [0.25, 0.3) is 6.08 Å². The smallest absolute Gasteiger partial charge is 0.115 e. The summed E-state index contributed by atoms with van der Waals surface area (Å²) in [6.45, 7) is 6.12. The quantitative estimate of drug-likeness (QED) is 0.667. The Morgan fingerprint density at radius 3 is 2.33 bits per heavy atom. The first-order valence-corrected chi connectivity index (χ1v) is 4.20. The maximum Gasteiger partial charge on any atom is 0.115 e. The number of hydrogen-bond acceptors (Lipinski definition) is 2. The van der Waals surface area contributed by atoms with E-state index in [4.69, 9.17) is 0 Å². The number of rotatable bonds is 2. The molecule has 0 atom stereocenters. The topological polar surface area (TPSA) is 25.8 Å². The van der Waals surface area contributed by atoms with Crippen molar-refractivity contribution in [3.8, 4) is 0 Å². The summed E-state index contributed by atoms with van der Waals surface area (Å²) in [6.07, 6.45) is 6.87. The van der Waals surface area contributed by atoms with Gasteiger partial charge in [0.1, 0.15) is 6.33 Å². The van der Waals surface area contributed by atoms with E-state index in [2.05, 4.69) is 29.0 Å². The molecule has 1 aromatic rings. The number of allylic oxidation sites excluding steroid dienone is 1. The van der Waals surface area contributed by atoms with E-state index in [1.165, 1.54) is 0 Å². The Balaban J connectivity index is 3.04. The van der Waals surface area contributed by atoms with Crippen LogP contribution in [-0.4, -0.2) is 9.97 Å². The molecule has 0 aliphatic carbocycles. The average molecular weight is 162 g/mol. The molecular formula is C10H14N2. The SMILES string of the molecule is CC/C=C\c1c(C)ncnc1C. The molecule has 0 aliphatic rings. The second-order valence-electron chi connectivity index (χ2n) is 2.77. The normalized spacial score (nSPS) is 10.9. The summed E-state index contributed by atoms with van der Waals surface area (Å²) < 4.78 is 0. The van der Waals surface area contributed by atoms with Gasteiger partial charge in [-0.15, -0.1) is 0 Å². The second kappa shape index (κ2) is 4.00. The third-order valence-electron chi connectivity index (χ3n) is 1.80. The van der Waals surface area contributed by atoms with Gasteiger partial charge in [-0.1, -0.05) is 19.1 Å². The molecule has 0 amide bonds. The molecule has 1 aromatic heterocycles. The fourth-order valence-corrected chi connectivity index (χ4v) is 1.08. The number of hydrogen-bond donors (Lipinski definition) is 0. The van der Waals surface area contributed by atoms with E-state index in [-0.39, 0.29) is 0 Å². The molecule has 0 unspecified atom stereocenters. The zero-order valence-electron chi connectivity index (χ0n) is 7.83. The third kappa shape index (κ3) is 1.91. The molecule has 0 N–H and O–H groups in total. The molecule has 0 bridgehead atoms. The van der Waals surface area contributed by atoms with E-state index in [0.29, 0.717) is 0 Å². The summed E-state index contributed by atoms with van der Waals surface area (Å²) in [5.41, 5.74) is 3.25. The Labute approximate surface area is 73.4 Å². The van der Waals surface area contributed by atoms with Gasteiger partial charge >= 0.3 is 0 Å². The molecule has 0 saturated heterocycles. The van der Waals surface area contributed by atoms with Gasteiger partial charge < -0.3 is 0 Å². The molecule has 0 saturated carbocycles. The van der Waals surface area contributed by atoms with E-state index in [1.54, 1.807) is 6.33 Å². The summed E-state index contributed by atoms with van der Waals surface area (Å²) in [4.78, 5) is 8.26. The average Bonchev–Trinajstić information content (AvgIpc) is 2.04. The summed E-state index contributed by atoms with van der Waals surface area (Å²) in [7, 11) is 0. The van der Waals surface area contributed by atoms with E-state index < -0.39 is 0 Å². The largest absolute Gasteiger partial charge is 0.241 e. The van der Waals surface area contributed by atoms with E-state index in [1.807, 2.05) is 13.8 Å². The van der Waals surface area contributed by atoms with Gasteiger partial charge in [0.2, 0.25) is 0 Å². The fraction of sp³-hybridized carbons (Fsp3) is 0.400. The van der Waals surface area contributed by atoms with Crippen molar-refractivity contribution in [1.82, 2.24) is 9.97 Å². The highest BCUT2D eigenvalue weighted by Crippen LogP contribution is 2.10. The molecule has 0 fully saturated rings. The van der Waals surface area contributed by atoms with E-state index in [9.17, 15) is 0 Å². The lowest BCUT2D eigenvalue weighted by Gasteiger charge is -2.01. The molecule has 64 valence electrons. The maximum atomic E-state index is 4.13. The molecule has 2 nitrogen and oxygen atoms in total. The predicted octanol–water partition coefficient (Wildman–Crippen LogP) is 2.52. The maximum absolute atomic E-state index is 4.13. The van der Waals surface area contributed by atoms with Crippen LogP contribution >= 0.6 is 0 Å². The van der Waals surface area contributed by atoms with Crippen LogP contribution in [0.15, 0.2) is 12.4 Å². The highest BCUT2D eigenvalue weighted by atomic mass is 14.8. The van der Waals surface area contributed by atoms with E-state index >= 15 is 0 Å². The fourth-order valence-electron chi connectivity index (χ4n) is 1.08. The van der Waals surface area contributed by atoms with Gasteiger partial charge in [0, 0.05) is 17.0 Å². The zero-order valence-corrected chi connectivity index (χ0v) is 7.83. The number of aryl methyl sites for hydroxylation is 2. The first kappa shape index (κ1) is 8.91. The first-order valence-electron chi connectivity index (χ1n) is 4.20. The molecule has 0 spiro atoms. The Bertz CT molecular complexity index is 270. The Kier molecular flexibility index (Phi) is 2.97. The minimum atomic E-state index is 1.05. The van der Waals surface area contributed by atoms with Gasteiger partial charge in [0.05, 0.1) is 0 Å². The zero-order chi connectivity index (χ0) is 8.97. The van der Waals surface area contributed by atoms with Crippen LogP contribution in [0.5, 0.6) is 0 Å². The standard InChI is InChI=1S/C10H14N2/c1-4-5-6-10-8(2)11-7-12-9(10)3/h5-7H,4H2,1-3H3/b6-5-. The van der Waals surface area contributed by atoms with Crippen LogP contribution in [-0.2, 0) is 0 Å². The lowest BCUT2D eigenvalue weighted by atomic mass is 10.1. The van der Waals surface area contributed by atoms with Crippen molar-refractivity contribution in [2.24, 2.45) is 0 Å². The summed E-state index contributed by atoms with van der Waals surface area (Å²) >= 11 is 0. The van der Waals surface area contributed by atoms with Crippen molar-refractivity contribution < 1.29 is 0 Å². The third-order valence-corrected chi connectivity index (χ3v) is 1.80. The van der Waals surface area contributed by atoms with Gasteiger partial charge in [0.15, 0.2) is 0 Å².